The van der Waals surface area contributed by atoms with Gasteiger partial charge in [-0.2, -0.15) is 0 Å². The molecule has 0 aliphatic carbocycles. The predicted molar refractivity (Wildman–Crippen MR) is 82.1 cm³/mol. The van der Waals surface area contributed by atoms with Crippen LogP contribution in [0, 0.1) is 0 Å². The third kappa shape index (κ3) is 2.16. The molecule has 2 heterocycles. The summed E-state index contributed by atoms with van der Waals surface area (Å²) in [4.78, 5) is 2.63. The molecule has 0 atom stereocenters. The summed E-state index contributed by atoms with van der Waals surface area (Å²) in [6, 6.07) is 7.19. The van der Waals surface area contributed by atoms with Crippen LogP contribution in [0.3, 0.4) is 0 Å². The number of aryl methyl sites for hydroxylation is 1. The molecule has 1 aromatic rings. The van der Waals surface area contributed by atoms with Crippen LogP contribution < -0.4 is 10.2 Å². The van der Waals surface area contributed by atoms with Crippen molar-refractivity contribution in [3.8, 4) is 0 Å². The van der Waals surface area contributed by atoms with Gasteiger partial charge in [-0.1, -0.05) is 26.0 Å². The Morgan fingerprint density at radius 2 is 2.00 bits per heavy atom. The Balaban J connectivity index is 2.01. The van der Waals surface area contributed by atoms with Crippen LogP contribution in [-0.4, -0.2) is 26.2 Å². The molecular formula is C17H26N2. The van der Waals surface area contributed by atoms with Crippen molar-refractivity contribution >= 4 is 5.69 Å². The number of hydrogen-bond acceptors (Lipinski definition) is 2. The van der Waals surface area contributed by atoms with Crippen molar-refractivity contribution < 1.29 is 0 Å². The lowest BCUT2D eigenvalue weighted by atomic mass is 9.74. The molecule has 1 aromatic carbocycles. The molecule has 2 heteroatoms. The van der Waals surface area contributed by atoms with E-state index in [0.717, 1.165) is 6.42 Å². The van der Waals surface area contributed by atoms with Gasteiger partial charge in [0.2, 0.25) is 0 Å². The van der Waals surface area contributed by atoms with E-state index in [4.69, 9.17) is 0 Å². The van der Waals surface area contributed by atoms with Gasteiger partial charge in [0, 0.05) is 24.2 Å². The third-order valence-electron chi connectivity index (χ3n) is 4.93. The minimum absolute atomic E-state index is 0.431. The molecule has 1 spiro atoms. The minimum atomic E-state index is 0.431. The molecular weight excluding hydrogens is 232 g/mol. The van der Waals surface area contributed by atoms with Crippen molar-refractivity contribution in [1.82, 2.24) is 5.32 Å². The molecule has 2 nitrogen and oxygen atoms in total. The SMILES string of the molecule is CCCN1CC2(CCNCC2)c2cc(CC)ccc21. The van der Waals surface area contributed by atoms with Crippen LogP contribution in [0.15, 0.2) is 18.2 Å². The average molecular weight is 258 g/mol. The molecule has 2 aliphatic rings. The van der Waals surface area contributed by atoms with Crippen LogP contribution >= 0.6 is 0 Å². The molecule has 19 heavy (non-hydrogen) atoms. The van der Waals surface area contributed by atoms with Gasteiger partial charge in [-0.25, -0.2) is 0 Å². The fourth-order valence-corrected chi connectivity index (χ4v) is 3.84. The summed E-state index contributed by atoms with van der Waals surface area (Å²) in [5.74, 6) is 0. The quantitative estimate of drug-likeness (QED) is 0.896. The molecule has 0 unspecified atom stereocenters. The van der Waals surface area contributed by atoms with Crippen molar-refractivity contribution in [2.45, 2.75) is 44.9 Å². The molecule has 1 N–H and O–H groups in total. The van der Waals surface area contributed by atoms with Gasteiger partial charge in [0.15, 0.2) is 0 Å². The molecule has 3 rings (SSSR count). The Labute approximate surface area is 117 Å². The summed E-state index contributed by atoms with van der Waals surface area (Å²) >= 11 is 0. The van der Waals surface area contributed by atoms with Crippen LogP contribution in [0.5, 0.6) is 0 Å². The highest BCUT2D eigenvalue weighted by Crippen LogP contribution is 2.46. The number of nitrogens with one attached hydrogen (secondary N) is 1. The third-order valence-corrected chi connectivity index (χ3v) is 4.93. The molecule has 0 saturated carbocycles. The second-order valence-electron chi connectivity index (χ2n) is 6.16. The highest BCUT2D eigenvalue weighted by Gasteiger charge is 2.42. The molecule has 0 bridgehead atoms. The fraction of sp³-hybridized carbons (Fsp3) is 0.647. The molecule has 2 aliphatic heterocycles. The zero-order valence-electron chi connectivity index (χ0n) is 12.3. The number of hydrogen-bond donors (Lipinski definition) is 1. The topological polar surface area (TPSA) is 15.3 Å². The number of benzene rings is 1. The summed E-state index contributed by atoms with van der Waals surface area (Å²) in [6.45, 7) is 9.34. The first-order valence-electron chi connectivity index (χ1n) is 7.88. The van der Waals surface area contributed by atoms with Crippen LogP contribution in [0.4, 0.5) is 5.69 Å². The summed E-state index contributed by atoms with van der Waals surface area (Å²) < 4.78 is 0. The van der Waals surface area contributed by atoms with E-state index < -0.39 is 0 Å². The lowest BCUT2D eigenvalue weighted by Crippen LogP contribution is -2.43. The number of nitrogens with zero attached hydrogens (tertiary/aromatic N) is 1. The van der Waals surface area contributed by atoms with Gasteiger partial charge in [-0.3, -0.25) is 0 Å². The number of fused-ring (bicyclic) bond motifs is 2. The van der Waals surface area contributed by atoms with Gasteiger partial charge < -0.3 is 10.2 Å². The Morgan fingerprint density at radius 3 is 2.68 bits per heavy atom. The molecule has 0 radical (unpaired) electrons. The monoisotopic (exact) mass is 258 g/mol. The van der Waals surface area contributed by atoms with E-state index in [2.05, 4.69) is 42.3 Å². The maximum atomic E-state index is 3.52. The van der Waals surface area contributed by atoms with Crippen LogP contribution in [-0.2, 0) is 11.8 Å². The van der Waals surface area contributed by atoms with Crippen molar-refractivity contribution in [2.24, 2.45) is 0 Å². The van der Waals surface area contributed by atoms with Crippen molar-refractivity contribution in [3.63, 3.8) is 0 Å². The number of anilines is 1. The summed E-state index contributed by atoms with van der Waals surface area (Å²) in [7, 11) is 0. The highest BCUT2D eigenvalue weighted by molar-refractivity contribution is 5.64. The van der Waals surface area contributed by atoms with Gasteiger partial charge in [0.25, 0.3) is 0 Å². The zero-order valence-corrected chi connectivity index (χ0v) is 12.3. The second-order valence-corrected chi connectivity index (χ2v) is 6.16. The summed E-state index contributed by atoms with van der Waals surface area (Å²) in [6.07, 6.45) is 4.99. The van der Waals surface area contributed by atoms with Gasteiger partial charge in [-0.15, -0.1) is 0 Å². The summed E-state index contributed by atoms with van der Waals surface area (Å²) in [5, 5.41) is 3.52. The summed E-state index contributed by atoms with van der Waals surface area (Å²) in [5.41, 5.74) is 5.08. The first-order valence-corrected chi connectivity index (χ1v) is 7.88. The molecule has 1 saturated heterocycles. The smallest absolute Gasteiger partial charge is 0.0405 e. The lowest BCUT2D eigenvalue weighted by Gasteiger charge is -2.35. The average Bonchev–Trinajstić information content (AvgIpc) is 2.74. The van der Waals surface area contributed by atoms with Crippen LogP contribution in [0.25, 0.3) is 0 Å². The standard InChI is InChI=1S/C17H26N2/c1-3-11-19-13-17(7-9-18-10-8-17)15-12-14(4-2)5-6-16(15)19/h5-6,12,18H,3-4,7-11,13H2,1-2H3. The van der Waals surface area contributed by atoms with E-state index in [1.54, 1.807) is 5.56 Å². The first kappa shape index (κ1) is 13.0. The van der Waals surface area contributed by atoms with E-state index in [1.807, 2.05) is 0 Å². The Bertz CT molecular complexity index is 447. The Morgan fingerprint density at radius 1 is 1.21 bits per heavy atom. The van der Waals surface area contributed by atoms with Crippen molar-refractivity contribution in [3.05, 3.63) is 29.3 Å². The zero-order chi connectivity index (χ0) is 13.3. The Kier molecular flexibility index (Phi) is 3.53. The van der Waals surface area contributed by atoms with Gasteiger partial charge in [0.05, 0.1) is 0 Å². The van der Waals surface area contributed by atoms with Crippen molar-refractivity contribution in [2.75, 3.05) is 31.1 Å². The normalized spacial score (nSPS) is 20.8. The Hall–Kier alpha value is -1.02. The van der Waals surface area contributed by atoms with Gasteiger partial charge >= 0.3 is 0 Å². The van der Waals surface area contributed by atoms with E-state index >= 15 is 0 Å². The number of piperidine rings is 1. The molecule has 104 valence electrons. The fourth-order valence-electron chi connectivity index (χ4n) is 3.84. The van der Waals surface area contributed by atoms with E-state index in [9.17, 15) is 0 Å². The minimum Gasteiger partial charge on any atom is -0.370 e. The van der Waals surface area contributed by atoms with Crippen molar-refractivity contribution in [1.29, 1.82) is 0 Å². The predicted octanol–water partition coefficient (Wildman–Crippen LogP) is 3.10. The second kappa shape index (κ2) is 5.16. The van der Waals surface area contributed by atoms with Gasteiger partial charge in [-0.05, 0) is 56.0 Å². The van der Waals surface area contributed by atoms with E-state index in [1.165, 1.54) is 56.7 Å². The molecule has 0 amide bonds. The maximum Gasteiger partial charge on any atom is 0.0405 e. The first-order chi connectivity index (χ1) is 9.29. The molecule has 1 fully saturated rings. The maximum absolute atomic E-state index is 3.52. The van der Waals surface area contributed by atoms with E-state index in [0.29, 0.717) is 5.41 Å². The number of rotatable bonds is 3. The largest absolute Gasteiger partial charge is 0.370 e. The lowest BCUT2D eigenvalue weighted by molar-refractivity contribution is 0.325. The molecule has 0 aromatic heterocycles. The highest BCUT2D eigenvalue weighted by atomic mass is 15.2. The van der Waals surface area contributed by atoms with Gasteiger partial charge in [0.1, 0.15) is 0 Å². The van der Waals surface area contributed by atoms with Crippen LogP contribution in [0.1, 0.15) is 44.2 Å². The van der Waals surface area contributed by atoms with Crippen LogP contribution in [0.2, 0.25) is 0 Å². The van der Waals surface area contributed by atoms with E-state index in [-0.39, 0.29) is 0 Å².